The number of pyridine rings is 1. The number of esters is 1. The molecule has 1 aromatic carbocycles. The molecule has 7 nitrogen and oxygen atoms in total. The van der Waals surface area contributed by atoms with Crippen molar-refractivity contribution in [2.45, 2.75) is 52.6 Å². The molecule has 1 aliphatic rings. The molecule has 4 aromatic rings. The Balaban J connectivity index is 1.38. The maximum absolute atomic E-state index is 13.3. The first-order chi connectivity index (χ1) is 18.4. The van der Waals surface area contributed by atoms with Crippen LogP contribution in [0.2, 0.25) is 0 Å². The summed E-state index contributed by atoms with van der Waals surface area (Å²) in [6.07, 6.45) is 8.81. The number of aliphatic imine (C=N–C) groups is 1. The highest BCUT2D eigenvalue weighted by molar-refractivity contribution is 7.16. The van der Waals surface area contributed by atoms with Crippen molar-refractivity contribution in [1.82, 2.24) is 4.98 Å². The van der Waals surface area contributed by atoms with Crippen molar-refractivity contribution in [3.63, 3.8) is 0 Å². The van der Waals surface area contributed by atoms with Gasteiger partial charge < -0.3 is 14.5 Å². The van der Waals surface area contributed by atoms with Crippen LogP contribution in [0.1, 0.15) is 69.2 Å². The van der Waals surface area contributed by atoms with Crippen LogP contribution in [-0.2, 0) is 17.6 Å². The van der Waals surface area contributed by atoms with Crippen molar-refractivity contribution in [1.29, 1.82) is 0 Å². The van der Waals surface area contributed by atoms with Crippen LogP contribution in [0.15, 0.2) is 64.3 Å². The Morgan fingerprint density at radius 2 is 2.00 bits per heavy atom. The maximum atomic E-state index is 13.3. The molecule has 0 spiro atoms. The number of anilines is 1. The molecule has 3 aromatic heterocycles. The third kappa shape index (κ3) is 5.60. The molecule has 0 saturated heterocycles. The minimum atomic E-state index is -0.344. The summed E-state index contributed by atoms with van der Waals surface area (Å²) in [5, 5.41) is 3.64. The van der Waals surface area contributed by atoms with E-state index in [1.807, 2.05) is 45.0 Å². The Morgan fingerprint density at radius 3 is 2.76 bits per heavy atom. The molecule has 8 heteroatoms. The van der Waals surface area contributed by atoms with Gasteiger partial charge in [-0.3, -0.25) is 9.78 Å². The molecule has 0 aliphatic heterocycles. The number of carbonyl (C=O) groups excluding carboxylic acids is 2. The predicted molar refractivity (Wildman–Crippen MR) is 150 cm³/mol. The lowest BCUT2D eigenvalue weighted by Gasteiger charge is -2.12. The number of carbonyl (C=O) groups is 2. The molecule has 0 fully saturated rings. The van der Waals surface area contributed by atoms with Gasteiger partial charge in [0.15, 0.2) is 0 Å². The quantitative estimate of drug-likeness (QED) is 0.203. The topological polar surface area (TPSA) is 93.8 Å². The maximum Gasteiger partial charge on any atom is 0.338 e. The molecule has 0 radical (unpaired) electrons. The highest BCUT2D eigenvalue weighted by Crippen LogP contribution is 2.40. The fraction of sp³-hybridized carbons (Fsp3) is 0.267. The normalized spacial score (nSPS) is 13.1. The smallest absolute Gasteiger partial charge is 0.338 e. The third-order valence-electron chi connectivity index (χ3n) is 6.31. The van der Waals surface area contributed by atoms with Gasteiger partial charge in [0.25, 0.3) is 5.91 Å². The van der Waals surface area contributed by atoms with Crippen LogP contribution in [0, 0.1) is 6.92 Å². The van der Waals surface area contributed by atoms with Crippen molar-refractivity contribution < 1.29 is 18.7 Å². The average molecular weight is 528 g/mol. The lowest BCUT2D eigenvalue weighted by atomic mass is 9.95. The average Bonchev–Trinajstić information content (AvgIpc) is 3.52. The van der Waals surface area contributed by atoms with Gasteiger partial charge in [0.1, 0.15) is 16.5 Å². The number of fused-ring (bicyclic) bond motifs is 1. The molecule has 1 amide bonds. The molecular weight excluding hydrogens is 498 g/mol. The number of furan rings is 1. The number of aryl methyl sites for hydroxylation is 2. The van der Waals surface area contributed by atoms with Crippen LogP contribution in [0.25, 0.3) is 11.3 Å². The highest BCUT2D eigenvalue weighted by Gasteiger charge is 2.25. The van der Waals surface area contributed by atoms with Gasteiger partial charge in [0.2, 0.25) is 0 Å². The van der Waals surface area contributed by atoms with Crippen LogP contribution < -0.4 is 5.32 Å². The second-order valence-electron chi connectivity index (χ2n) is 9.53. The van der Waals surface area contributed by atoms with E-state index in [-0.39, 0.29) is 18.0 Å². The summed E-state index contributed by atoms with van der Waals surface area (Å²) < 4.78 is 11.4. The zero-order chi connectivity index (χ0) is 26.6. The third-order valence-corrected chi connectivity index (χ3v) is 7.51. The summed E-state index contributed by atoms with van der Waals surface area (Å²) in [6, 6.07) is 12.7. The lowest BCUT2D eigenvalue weighted by Crippen LogP contribution is -2.14. The van der Waals surface area contributed by atoms with Gasteiger partial charge in [-0.05, 0) is 94.0 Å². The summed E-state index contributed by atoms with van der Waals surface area (Å²) in [5.41, 5.74) is 4.68. The molecular formula is C30H29N3O4S. The van der Waals surface area contributed by atoms with E-state index in [0.717, 1.165) is 42.4 Å². The number of hydrogen-bond donors (Lipinski definition) is 1. The number of rotatable bonds is 7. The van der Waals surface area contributed by atoms with Crippen LogP contribution >= 0.6 is 11.3 Å². The second kappa shape index (κ2) is 11.1. The number of aromatic nitrogens is 1. The Labute approximate surface area is 225 Å². The van der Waals surface area contributed by atoms with Crippen LogP contribution in [0.5, 0.6) is 0 Å². The van der Waals surface area contributed by atoms with Gasteiger partial charge in [-0.25, -0.2) is 9.79 Å². The summed E-state index contributed by atoms with van der Waals surface area (Å²) in [6.45, 7) is 5.58. The van der Waals surface area contributed by atoms with E-state index in [1.54, 1.807) is 48.1 Å². The number of thiophene rings is 1. The van der Waals surface area contributed by atoms with Crippen molar-refractivity contribution in [2.24, 2.45) is 4.99 Å². The standard InChI is InChI=1S/C30H29N3O4S/c1-18(2)36-30(35)20-10-12-23(19(3)15-20)25-13-11-22(37-25)17-32-29-27(24-8-4-5-9-26(24)38-29)28(34)33-21-7-6-14-31-16-21/h6-7,10-18H,4-5,8-9H2,1-3H3,(H,33,34). The zero-order valence-electron chi connectivity index (χ0n) is 21.6. The molecule has 1 aliphatic carbocycles. The Bertz CT molecular complexity index is 1500. The molecule has 0 bridgehead atoms. The molecule has 0 saturated carbocycles. The lowest BCUT2D eigenvalue weighted by molar-refractivity contribution is 0.0377. The molecule has 3 heterocycles. The number of hydrogen-bond acceptors (Lipinski definition) is 7. The van der Waals surface area contributed by atoms with E-state index in [9.17, 15) is 9.59 Å². The first kappa shape index (κ1) is 25.6. The van der Waals surface area contributed by atoms with Crippen LogP contribution in [0.4, 0.5) is 10.7 Å². The zero-order valence-corrected chi connectivity index (χ0v) is 22.4. The van der Waals surface area contributed by atoms with E-state index in [0.29, 0.717) is 33.3 Å². The van der Waals surface area contributed by atoms with Crippen molar-refractivity contribution in [3.8, 4) is 11.3 Å². The van der Waals surface area contributed by atoms with E-state index in [1.165, 1.54) is 4.88 Å². The first-order valence-corrected chi connectivity index (χ1v) is 13.5. The Hall–Kier alpha value is -4.04. The molecule has 38 heavy (non-hydrogen) atoms. The van der Waals surface area contributed by atoms with E-state index in [2.05, 4.69) is 10.3 Å². The predicted octanol–water partition coefficient (Wildman–Crippen LogP) is 7.16. The summed E-state index contributed by atoms with van der Waals surface area (Å²) in [4.78, 5) is 35.5. The number of nitrogens with one attached hydrogen (secondary N) is 1. The molecule has 0 unspecified atom stereocenters. The summed E-state index contributed by atoms with van der Waals surface area (Å²) in [7, 11) is 0. The minimum Gasteiger partial charge on any atom is -0.459 e. The Morgan fingerprint density at radius 1 is 1.16 bits per heavy atom. The van der Waals surface area contributed by atoms with Crippen LogP contribution in [0.3, 0.4) is 0 Å². The fourth-order valence-electron chi connectivity index (χ4n) is 4.55. The minimum absolute atomic E-state index is 0.170. The molecule has 5 rings (SSSR count). The van der Waals surface area contributed by atoms with Crippen molar-refractivity contribution >= 4 is 40.1 Å². The first-order valence-electron chi connectivity index (χ1n) is 12.7. The van der Waals surface area contributed by atoms with Crippen molar-refractivity contribution in [3.05, 3.63) is 87.7 Å². The highest BCUT2D eigenvalue weighted by atomic mass is 32.1. The largest absolute Gasteiger partial charge is 0.459 e. The van der Waals surface area contributed by atoms with Crippen LogP contribution in [-0.4, -0.2) is 29.2 Å². The van der Waals surface area contributed by atoms with E-state index < -0.39 is 0 Å². The molecule has 0 atom stereocenters. The second-order valence-corrected chi connectivity index (χ2v) is 10.6. The molecule has 1 N–H and O–H groups in total. The number of benzene rings is 1. The number of amides is 1. The molecule has 194 valence electrons. The van der Waals surface area contributed by atoms with E-state index in [4.69, 9.17) is 14.1 Å². The van der Waals surface area contributed by atoms with E-state index >= 15 is 0 Å². The van der Waals surface area contributed by atoms with Gasteiger partial charge in [-0.2, -0.15) is 0 Å². The van der Waals surface area contributed by atoms with Gasteiger partial charge in [-0.1, -0.05) is 6.07 Å². The van der Waals surface area contributed by atoms with Gasteiger partial charge in [-0.15, -0.1) is 11.3 Å². The van der Waals surface area contributed by atoms with Crippen molar-refractivity contribution in [2.75, 3.05) is 5.32 Å². The monoisotopic (exact) mass is 527 g/mol. The van der Waals surface area contributed by atoms with Gasteiger partial charge in [0, 0.05) is 16.6 Å². The van der Waals surface area contributed by atoms with Gasteiger partial charge in [0.05, 0.1) is 35.3 Å². The Kier molecular flexibility index (Phi) is 7.51. The number of nitrogens with zero attached hydrogens (tertiary/aromatic N) is 2. The fourth-order valence-corrected chi connectivity index (χ4v) is 5.78. The summed E-state index contributed by atoms with van der Waals surface area (Å²) in [5.74, 6) is 0.737. The number of ether oxygens (including phenoxy) is 1. The summed E-state index contributed by atoms with van der Waals surface area (Å²) >= 11 is 1.57. The van der Waals surface area contributed by atoms with Gasteiger partial charge >= 0.3 is 5.97 Å². The SMILES string of the molecule is Cc1cc(C(=O)OC(C)C)ccc1-c1ccc(C=Nc2sc3c(c2C(=O)Nc2cccnc2)CCCC3)o1.